The SMILES string of the molecule is CC(C)(C)OC(=O)NC(Cc1ccc(Cl)cc1Cl)C(=O)N1Cc2ccc(Br)cc2C1. The lowest BCUT2D eigenvalue weighted by Gasteiger charge is -2.26. The lowest BCUT2D eigenvalue weighted by atomic mass is 10.0. The van der Waals surface area contributed by atoms with Gasteiger partial charge in [-0.3, -0.25) is 4.79 Å². The van der Waals surface area contributed by atoms with E-state index in [0.717, 1.165) is 21.2 Å². The van der Waals surface area contributed by atoms with Crippen LogP contribution in [0.5, 0.6) is 0 Å². The fraction of sp³-hybridized carbons (Fsp3) is 0.364. The Morgan fingerprint density at radius 3 is 2.50 bits per heavy atom. The van der Waals surface area contributed by atoms with Crippen molar-refractivity contribution in [1.29, 1.82) is 0 Å². The van der Waals surface area contributed by atoms with Crippen LogP contribution in [-0.2, 0) is 29.0 Å². The Balaban J connectivity index is 1.81. The number of fused-ring (bicyclic) bond motifs is 1. The maximum Gasteiger partial charge on any atom is 0.408 e. The predicted octanol–water partition coefficient (Wildman–Crippen LogP) is 5.73. The van der Waals surface area contributed by atoms with Crippen LogP contribution in [0.4, 0.5) is 4.79 Å². The van der Waals surface area contributed by atoms with Crippen LogP contribution in [0.15, 0.2) is 40.9 Å². The molecule has 8 heteroatoms. The number of carbonyl (C=O) groups excluding carboxylic acids is 2. The van der Waals surface area contributed by atoms with Crippen molar-refractivity contribution in [2.75, 3.05) is 0 Å². The van der Waals surface area contributed by atoms with Crippen molar-refractivity contribution in [3.63, 3.8) is 0 Å². The van der Waals surface area contributed by atoms with Crippen LogP contribution in [0, 0.1) is 0 Å². The molecule has 2 amide bonds. The lowest BCUT2D eigenvalue weighted by Crippen LogP contribution is -2.49. The van der Waals surface area contributed by atoms with Crippen molar-refractivity contribution in [1.82, 2.24) is 10.2 Å². The molecule has 160 valence electrons. The number of ether oxygens (including phenoxy) is 1. The van der Waals surface area contributed by atoms with Crippen molar-refractivity contribution in [2.45, 2.75) is 51.9 Å². The number of nitrogens with zero attached hydrogens (tertiary/aromatic N) is 1. The number of hydrogen-bond acceptors (Lipinski definition) is 3. The van der Waals surface area contributed by atoms with E-state index in [9.17, 15) is 9.59 Å². The van der Waals surface area contributed by atoms with Gasteiger partial charge in [-0.1, -0.05) is 51.3 Å². The van der Waals surface area contributed by atoms with Crippen molar-refractivity contribution >= 4 is 51.1 Å². The van der Waals surface area contributed by atoms with Gasteiger partial charge >= 0.3 is 6.09 Å². The van der Waals surface area contributed by atoms with Gasteiger partial charge in [-0.25, -0.2) is 4.79 Å². The van der Waals surface area contributed by atoms with Gasteiger partial charge in [0, 0.05) is 34.0 Å². The summed E-state index contributed by atoms with van der Waals surface area (Å²) in [6.45, 7) is 6.29. The van der Waals surface area contributed by atoms with Crippen LogP contribution in [0.2, 0.25) is 10.0 Å². The molecule has 0 saturated heterocycles. The highest BCUT2D eigenvalue weighted by Gasteiger charge is 2.32. The van der Waals surface area contributed by atoms with E-state index in [-0.39, 0.29) is 12.3 Å². The molecule has 1 N–H and O–H groups in total. The Morgan fingerprint density at radius 2 is 1.83 bits per heavy atom. The second kappa shape index (κ2) is 9.16. The Hall–Kier alpha value is -1.76. The second-order valence-corrected chi connectivity index (χ2v) is 10.0. The number of alkyl carbamates (subject to hydrolysis) is 1. The molecule has 2 aromatic rings. The summed E-state index contributed by atoms with van der Waals surface area (Å²) in [7, 11) is 0. The van der Waals surface area contributed by atoms with Gasteiger partial charge in [0.25, 0.3) is 0 Å². The smallest absolute Gasteiger partial charge is 0.408 e. The summed E-state index contributed by atoms with van der Waals surface area (Å²) in [6, 6.07) is 10.2. The van der Waals surface area contributed by atoms with Crippen LogP contribution < -0.4 is 5.32 Å². The van der Waals surface area contributed by atoms with Crippen LogP contribution in [-0.4, -0.2) is 28.5 Å². The number of halogens is 3. The highest BCUT2D eigenvalue weighted by molar-refractivity contribution is 9.10. The maximum absolute atomic E-state index is 13.4. The van der Waals surface area contributed by atoms with Crippen LogP contribution in [0.1, 0.15) is 37.5 Å². The van der Waals surface area contributed by atoms with E-state index in [4.69, 9.17) is 27.9 Å². The molecular formula is C22H23BrCl2N2O3. The summed E-state index contributed by atoms with van der Waals surface area (Å²) >= 11 is 15.8. The van der Waals surface area contributed by atoms with Gasteiger partial charge < -0.3 is 15.0 Å². The zero-order valence-corrected chi connectivity index (χ0v) is 20.1. The number of benzene rings is 2. The van der Waals surface area contributed by atoms with Crippen molar-refractivity contribution in [3.8, 4) is 0 Å². The van der Waals surface area contributed by atoms with Gasteiger partial charge in [0.05, 0.1) is 0 Å². The van der Waals surface area contributed by atoms with E-state index in [0.29, 0.717) is 23.1 Å². The first-order valence-corrected chi connectivity index (χ1v) is 11.1. The number of nitrogens with one attached hydrogen (secondary N) is 1. The summed E-state index contributed by atoms with van der Waals surface area (Å²) in [5.41, 5.74) is 2.21. The molecule has 1 aliphatic rings. The van der Waals surface area contributed by atoms with E-state index in [2.05, 4.69) is 21.2 Å². The topological polar surface area (TPSA) is 58.6 Å². The normalized spacial score (nSPS) is 14.3. The van der Waals surface area contributed by atoms with E-state index in [1.54, 1.807) is 43.9 Å². The summed E-state index contributed by atoms with van der Waals surface area (Å²) in [5, 5.41) is 3.68. The van der Waals surface area contributed by atoms with E-state index >= 15 is 0 Å². The summed E-state index contributed by atoms with van der Waals surface area (Å²) in [6.07, 6.45) is -0.421. The highest BCUT2D eigenvalue weighted by Crippen LogP contribution is 2.28. The van der Waals surface area contributed by atoms with Crippen LogP contribution in [0.25, 0.3) is 0 Å². The third kappa shape index (κ3) is 5.90. The molecule has 1 unspecified atom stereocenters. The maximum atomic E-state index is 13.4. The molecule has 0 spiro atoms. The minimum absolute atomic E-state index is 0.195. The average molecular weight is 514 g/mol. The standard InChI is InChI=1S/C22H23BrCl2N2O3/c1-22(2,3)30-21(29)26-19(9-13-5-7-17(24)10-18(13)25)20(28)27-11-14-4-6-16(23)8-15(14)12-27/h4-8,10,19H,9,11-12H2,1-3H3,(H,26,29). The minimum Gasteiger partial charge on any atom is -0.444 e. The first kappa shape index (κ1) is 22.9. The van der Waals surface area contributed by atoms with Crippen molar-refractivity contribution in [2.24, 2.45) is 0 Å². The molecule has 30 heavy (non-hydrogen) atoms. The van der Waals surface area contributed by atoms with E-state index < -0.39 is 17.7 Å². The van der Waals surface area contributed by atoms with E-state index in [1.807, 2.05) is 18.2 Å². The zero-order chi connectivity index (χ0) is 22.1. The van der Waals surface area contributed by atoms with Gasteiger partial charge in [-0.05, 0) is 61.7 Å². The molecule has 0 bridgehead atoms. The Morgan fingerprint density at radius 1 is 1.13 bits per heavy atom. The molecule has 0 fully saturated rings. The number of rotatable bonds is 4. The molecule has 2 aromatic carbocycles. The Kier molecular flexibility index (Phi) is 7.00. The van der Waals surface area contributed by atoms with Crippen molar-refractivity contribution in [3.05, 3.63) is 67.6 Å². The fourth-order valence-electron chi connectivity index (χ4n) is 3.30. The Bertz CT molecular complexity index is 975. The number of carbonyl (C=O) groups is 2. The third-order valence-corrected chi connectivity index (χ3v) is 5.71. The zero-order valence-electron chi connectivity index (χ0n) is 17.0. The van der Waals surface area contributed by atoms with Gasteiger partial charge in [-0.2, -0.15) is 0 Å². The molecule has 0 aromatic heterocycles. The molecule has 0 aliphatic carbocycles. The molecule has 1 heterocycles. The van der Waals surface area contributed by atoms with Gasteiger partial charge in [-0.15, -0.1) is 0 Å². The molecule has 1 aliphatic heterocycles. The van der Waals surface area contributed by atoms with Gasteiger partial charge in [0.15, 0.2) is 0 Å². The van der Waals surface area contributed by atoms with Crippen LogP contribution in [0.3, 0.4) is 0 Å². The Labute approximate surface area is 194 Å². The first-order chi connectivity index (χ1) is 14.0. The van der Waals surface area contributed by atoms with Gasteiger partial charge in [0.1, 0.15) is 11.6 Å². The summed E-state index contributed by atoms with van der Waals surface area (Å²) < 4.78 is 6.33. The predicted molar refractivity (Wildman–Crippen MR) is 122 cm³/mol. The van der Waals surface area contributed by atoms with E-state index in [1.165, 1.54) is 0 Å². The molecular weight excluding hydrogens is 491 g/mol. The molecule has 3 rings (SSSR count). The first-order valence-electron chi connectivity index (χ1n) is 9.51. The largest absolute Gasteiger partial charge is 0.444 e. The number of amides is 2. The molecule has 1 atom stereocenters. The molecule has 0 radical (unpaired) electrons. The quantitative estimate of drug-likeness (QED) is 0.567. The van der Waals surface area contributed by atoms with Crippen molar-refractivity contribution < 1.29 is 14.3 Å². The molecule has 5 nitrogen and oxygen atoms in total. The number of hydrogen-bond donors (Lipinski definition) is 1. The summed E-state index contributed by atoms with van der Waals surface area (Å²) in [5.74, 6) is -0.195. The van der Waals surface area contributed by atoms with Gasteiger partial charge in [0.2, 0.25) is 5.91 Å². The van der Waals surface area contributed by atoms with Crippen LogP contribution >= 0.6 is 39.1 Å². The second-order valence-electron chi connectivity index (χ2n) is 8.25. The summed E-state index contributed by atoms with van der Waals surface area (Å²) in [4.78, 5) is 27.5. The monoisotopic (exact) mass is 512 g/mol. The minimum atomic E-state index is -0.823. The lowest BCUT2D eigenvalue weighted by molar-refractivity contribution is -0.134. The third-order valence-electron chi connectivity index (χ3n) is 4.63. The fourth-order valence-corrected chi connectivity index (χ4v) is 4.19. The average Bonchev–Trinajstić information content (AvgIpc) is 3.04. The molecule has 0 saturated carbocycles. The highest BCUT2D eigenvalue weighted by atomic mass is 79.9.